The third kappa shape index (κ3) is 4.21. The zero-order valence-electron chi connectivity index (χ0n) is 13.8. The number of aryl methyl sites for hydroxylation is 1. The lowest BCUT2D eigenvalue weighted by Gasteiger charge is -2.15. The van der Waals surface area contributed by atoms with Crippen molar-refractivity contribution in [3.63, 3.8) is 0 Å². The van der Waals surface area contributed by atoms with Crippen molar-refractivity contribution in [1.82, 2.24) is 5.27 Å². The number of hydrogen-bond donors (Lipinski definition) is 2. The molecule has 0 saturated carbocycles. The van der Waals surface area contributed by atoms with Crippen LogP contribution in [-0.4, -0.2) is 34.6 Å². The van der Waals surface area contributed by atoms with Gasteiger partial charge in [-0.3, -0.25) is 4.79 Å². The molecule has 10 heteroatoms. The summed E-state index contributed by atoms with van der Waals surface area (Å²) in [6, 6.07) is 4.14. The van der Waals surface area contributed by atoms with Crippen molar-refractivity contribution in [3.05, 3.63) is 23.8 Å². The Kier molecular flexibility index (Phi) is 5.86. The van der Waals surface area contributed by atoms with Crippen LogP contribution in [-0.2, 0) is 11.8 Å². The third-order valence-corrected chi connectivity index (χ3v) is 4.82. The number of hydrogen-bond acceptors (Lipinski definition) is 7. The molecule has 0 fully saturated rings. The van der Waals surface area contributed by atoms with Gasteiger partial charge in [0.2, 0.25) is 5.91 Å². The average Bonchev–Trinajstić information content (AvgIpc) is 2.90. The van der Waals surface area contributed by atoms with Crippen molar-refractivity contribution in [3.8, 4) is 11.7 Å². The maximum absolute atomic E-state index is 12.5. The number of rotatable bonds is 7. The lowest BCUT2D eigenvalue weighted by molar-refractivity contribution is -0.772. The Hall–Kier alpha value is -2.75. The van der Waals surface area contributed by atoms with Gasteiger partial charge in [-0.25, -0.2) is 4.79 Å². The molecule has 1 aromatic carbocycles. The topological polar surface area (TPSA) is 129 Å². The van der Waals surface area contributed by atoms with Crippen LogP contribution < -0.4 is 19.8 Å². The fraction of sp³-hybridized carbons (Fsp3) is 0.333. The number of carbonyl (C=O) groups excluding carboxylic acids is 1. The van der Waals surface area contributed by atoms with Crippen molar-refractivity contribution < 1.29 is 33.7 Å². The summed E-state index contributed by atoms with van der Waals surface area (Å²) < 4.78 is 10.9. The van der Waals surface area contributed by atoms with E-state index in [0.717, 1.165) is 11.8 Å². The number of carboxylic acid groups (broad SMARTS) is 1. The van der Waals surface area contributed by atoms with Crippen LogP contribution in [0.2, 0.25) is 0 Å². The van der Waals surface area contributed by atoms with E-state index in [1.54, 1.807) is 14.0 Å². The normalized spacial score (nSPS) is 11.8. The molecule has 0 radical (unpaired) electrons. The molecule has 0 aliphatic heterocycles. The second-order valence-corrected chi connectivity index (χ2v) is 6.20. The summed E-state index contributed by atoms with van der Waals surface area (Å²) >= 11 is 1.04. The predicted molar refractivity (Wildman–Crippen MR) is 85.6 cm³/mol. The molecule has 0 aliphatic rings. The minimum Gasteiger partial charge on any atom is -0.538 e. The van der Waals surface area contributed by atoms with Crippen molar-refractivity contribution in [2.75, 3.05) is 12.4 Å². The van der Waals surface area contributed by atoms with Gasteiger partial charge in [0.15, 0.2) is 13.0 Å². The summed E-state index contributed by atoms with van der Waals surface area (Å²) in [6.45, 7) is 1.81. The smallest absolute Gasteiger partial charge is 0.335 e. The lowest BCUT2D eigenvalue weighted by atomic mass is 10.2. The predicted octanol–water partition coefficient (Wildman–Crippen LogP) is 0.789. The van der Waals surface area contributed by atoms with E-state index in [9.17, 15) is 14.7 Å². The summed E-state index contributed by atoms with van der Waals surface area (Å²) in [5.41, 5.74) is 0.386. The highest BCUT2D eigenvalue weighted by molar-refractivity contribution is 8.00. The largest absolute Gasteiger partial charge is 0.538 e. The van der Waals surface area contributed by atoms with Gasteiger partial charge in [0.1, 0.15) is 5.75 Å². The Morgan fingerprint density at radius 1 is 1.52 bits per heavy atom. The number of carboxylic acids is 1. The summed E-state index contributed by atoms with van der Waals surface area (Å²) in [6.07, 6.45) is 0.455. The van der Waals surface area contributed by atoms with E-state index >= 15 is 0 Å². The molecule has 1 aromatic heterocycles. The van der Waals surface area contributed by atoms with Gasteiger partial charge >= 0.3 is 5.97 Å². The number of benzene rings is 1. The zero-order valence-corrected chi connectivity index (χ0v) is 14.6. The highest BCUT2D eigenvalue weighted by atomic mass is 32.2. The van der Waals surface area contributed by atoms with Gasteiger partial charge < -0.3 is 24.8 Å². The van der Waals surface area contributed by atoms with E-state index in [-0.39, 0.29) is 22.2 Å². The number of ether oxygens (including phenoxy) is 1. The standard InChI is InChI=1S/C15H17N3O6S/c1-4-11(25-13-15(22)24-17-18(13)2)12(19)16-9-6-5-8(14(20)21)7-10(9)23-3/h5-7,11H,4H2,1-3H3,(H2-,16,17,19,20,21,22). The first-order valence-corrected chi connectivity index (χ1v) is 8.17. The van der Waals surface area contributed by atoms with Gasteiger partial charge in [0.25, 0.3) is 5.03 Å². The van der Waals surface area contributed by atoms with E-state index in [1.165, 1.54) is 30.0 Å². The highest BCUT2D eigenvalue weighted by Gasteiger charge is 2.26. The van der Waals surface area contributed by atoms with Gasteiger partial charge in [-0.05, 0) is 36.4 Å². The molecule has 9 nitrogen and oxygen atoms in total. The number of thioether (sulfide) groups is 1. The molecule has 1 heterocycles. The van der Waals surface area contributed by atoms with E-state index in [1.807, 2.05) is 0 Å². The highest BCUT2D eigenvalue weighted by Crippen LogP contribution is 2.30. The minimum atomic E-state index is -1.10. The SMILES string of the molecule is CCC(Sc1c([O-])on[n+]1C)C(=O)Nc1ccc(C(=O)O)cc1OC. The Labute approximate surface area is 147 Å². The first kappa shape index (κ1) is 18.6. The van der Waals surface area contributed by atoms with Crippen molar-refractivity contribution in [1.29, 1.82) is 0 Å². The molecule has 1 atom stereocenters. The second-order valence-electron chi connectivity index (χ2n) is 5.01. The zero-order chi connectivity index (χ0) is 18.6. The van der Waals surface area contributed by atoms with Gasteiger partial charge in [-0.2, -0.15) is 0 Å². The van der Waals surface area contributed by atoms with E-state index < -0.39 is 17.2 Å². The van der Waals surface area contributed by atoms with Crippen LogP contribution in [0, 0.1) is 0 Å². The number of aromatic carboxylic acids is 1. The Morgan fingerprint density at radius 3 is 2.76 bits per heavy atom. The summed E-state index contributed by atoms with van der Waals surface area (Å²) in [5.74, 6) is -1.83. The summed E-state index contributed by atoms with van der Waals surface area (Å²) in [5, 5.41) is 26.4. The molecule has 2 rings (SSSR count). The molecule has 2 aromatic rings. The van der Waals surface area contributed by atoms with E-state index in [0.29, 0.717) is 12.1 Å². The van der Waals surface area contributed by atoms with Crippen molar-refractivity contribution >= 4 is 29.3 Å². The van der Waals surface area contributed by atoms with Gasteiger partial charge in [-0.15, -0.1) is 0 Å². The number of methoxy groups -OCH3 is 1. The molecule has 1 unspecified atom stereocenters. The van der Waals surface area contributed by atoms with Crippen molar-refractivity contribution in [2.24, 2.45) is 7.05 Å². The quantitative estimate of drug-likeness (QED) is 0.543. The molecule has 0 spiro atoms. The number of nitrogens with one attached hydrogen (secondary N) is 1. The Morgan fingerprint density at radius 2 is 2.24 bits per heavy atom. The van der Waals surface area contributed by atoms with Crippen LogP contribution in [0.5, 0.6) is 11.7 Å². The Balaban J connectivity index is 2.18. The molecule has 1 amide bonds. The molecule has 0 aliphatic carbocycles. The lowest BCUT2D eigenvalue weighted by Crippen LogP contribution is -2.34. The Bertz CT molecular complexity index is 772. The van der Waals surface area contributed by atoms with Crippen LogP contribution in [0.15, 0.2) is 27.7 Å². The van der Waals surface area contributed by atoms with Gasteiger partial charge in [0.05, 0.1) is 28.9 Å². The van der Waals surface area contributed by atoms with Crippen LogP contribution in [0.3, 0.4) is 0 Å². The van der Waals surface area contributed by atoms with E-state index in [2.05, 4.69) is 15.1 Å². The number of anilines is 1. The molecular formula is C15H17N3O6S. The number of nitrogens with zero attached hydrogens (tertiary/aromatic N) is 2. The molecule has 25 heavy (non-hydrogen) atoms. The number of amides is 1. The van der Waals surface area contributed by atoms with Crippen molar-refractivity contribution in [2.45, 2.75) is 23.6 Å². The molecule has 0 saturated heterocycles. The van der Waals surface area contributed by atoms with Crippen LogP contribution in [0.1, 0.15) is 23.7 Å². The fourth-order valence-electron chi connectivity index (χ4n) is 2.03. The molecule has 134 valence electrons. The number of aromatic nitrogens is 2. The number of carbonyl (C=O) groups is 2. The maximum Gasteiger partial charge on any atom is 0.335 e. The first-order chi connectivity index (χ1) is 11.9. The first-order valence-electron chi connectivity index (χ1n) is 7.29. The molecule has 0 bridgehead atoms. The monoisotopic (exact) mass is 367 g/mol. The van der Waals surface area contributed by atoms with E-state index in [4.69, 9.17) is 9.84 Å². The average molecular weight is 367 g/mol. The van der Waals surface area contributed by atoms with Gasteiger partial charge in [0, 0.05) is 0 Å². The van der Waals surface area contributed by atoms with Crippen LogP contribution >= 0.6 is 11.8 Å². The molecule has 2 N–H and O–H groups in total. The van der Waals surface area contributed by atoms with Crippen LogP contribution in [0.25, 0.3) is 0 Å². The minimum absolute atomic E-state index is 0.0451. The van der Waals surface area contributed by atoms with Gasteiger partial charge in [-0.1, -0.05) is 11.6 Å². The fourth-order valence-corrected chi connectivity index (χ4v) is 2.95. The summed E-state index contributed by atoms with van der Waals surface area (Å²) in [7, 11) is 2.93. The maximum atomic E-state index is 12.5. The molecular weight excluding hydrogens is 350 g/mol. The summed E-state index contributed by atoms with van der Waals surface area (Å²) in [4.78, 5) is 23.5. The van der Waals surface area contributed by atoms with Crippen LogP contribution in [0.4, 0.5) is 5.69 Å². The second kappa shape index (κ2) is 7.88. The third-order valence-electron chi connectivity index (χ3n) is 3.34.